The largest absolute Gasteiger partial charge is 0.339 e. The van der Waals surface area contributed by atoms with E-state index in [1.54, 1.807) is 4.90 Å². The smallest absolute Gasteiger partial charge is 0.243 e. The van der Waals surface area contributed by atoms with Gasteiger partial charge in [0.1, 0.15) is 5.41 Å². The van der Waals surface area contributed by atoms with Crippen LogP contribution in [0, 0.1) is 16.7 Å². The van der Waals surface area contributed by atoms with E-state index in [4.69, 9.17) is 0 Å². The van der Waals surface area contributed by atoms with Gasteiger partial charge in [0.05, 0.1) is 6.07 Å². The number of amides is 2. The molecule has 126 valence electrons. The summed E-state index contributed by atoms with van der Waals surface area (Å²) in [5.41, 5.74) is 0.287. The number of carbonyl (C=O) groups is 2. The molecule has 5 nitrogen and oxygen atoms in total. The maximum absolute atomic E-state index is 12.7. The number of hydrogen-bond acceptors (Lipinski definition) is 3. The van der Waals surface area contributed by atoms with Crippen molar-refractivity contribution in [3.63, 3.8) is 0 Å². The minimum absolute atomic E-state index is 0.00125. The molecular weight excluding hydrogens is 302 g/mol. The fourth-order valence-electron chi connectivity index (χ4n) is 3.35. The van der Waals surface area contributed by atoms with Crippen LogP contribution in [-0.4, -0.2) is 40.7 Å². The predicted octanol–water partition coefficient (Wildman–Crippen LogP) is 2.33. The van der Waals surface area contributed by atoms with Gasteiger partial charge in [-0.25, -0.2) is 0 Å². The van der Waals surface area contributed by atoms with Gasteiger partial charge in [-0.2, -0.15) is 5.26 Å². The SMILES string of the molecule is CC[C@@H]1CN(C(=O)C2(C#N)CC2)CCC(=O)N1Cc1ccccc1. The number of carbonyl (C=O) groups excluding carboxylic acids is 2. The van der Waals surface area contributed by atoms with Crippen LogP contribution in [0.25, 0.3) is 0 Å². The summed E-state index contributed by atoms with van der Waals surface area (Å²) < 4.78 is 0. The normalized spacial score (nSPS) is 22.7. The molecule has 1 saturated carbocycles. The summed E-state index contributed by atoms with van der Waals surface area (Å²) in [6, 6.07) is 12.1. The second-order valence-electron chi connectivity index (χ2n) is 6.76. The Morgan fingerprint density at radius 3 is 2.62 bits per heavy atom. The van der Waals surface area contributed by atoms with Gasteiger partial charge in [-0.15, -0.1) is 0 Å². The highest BCUT2D eigenvalue weighted by molar-refractivity contribution is 5.89. The molecular formula is C19H23N3O2. The first-order chi connectivity index (χ1) is 11.6. The Morgan fingerprint density at radius 1 is 1.33 bits per heavy atom. The van der Waals surface area contributed by atoms with Crippen LogP contribution in [0.4, 0.5) is 0 Å². The first-order valence-corrected chi connectivity index (χ1v) is 8.63. The number of rotatable bonds is 4. The highest BCUT2D eigenvalue weighted by Gasteiger charge is 2.53. The van der Waals surface area contributed by atoms with Crippen LogP contribution in [-0.2, 0) is 16.1 Å². The van der Waals surface area contributed by atoms with Crippen molar-refractivity contribution in [2.45, 2.75) is 45.2 Å². The highest BCUT2D eigenvalue weighted by Crippen LogP contribution is 2.46. The van der Waals surface area contributed by atoms with E-state index in [1.165, 1.54) is 0 Å². The molecule has 3 rings (SSSR count). The van der Waals surface area contributed by atoms with Crippen molar-refractivity contribution in [2.75, 3.05) is 13.1 Å². The van der Waals surface area contributed by atoms with E-state index < -0.39 is 5.41 Å². The third kappa shape index (κ3) is 3.14. The first kappa shape index (κ1) is 16.5. The van der Waals surface area contributed by atoms with Crippen molar-refractivity contribution in [2.24, 2.45) is 5.41 Å². The van der Waals surface area contributed by atoms with Gasteiger partial charge >= 0.3 is 0 Å². The van der Waals surface area contributed by atoms with E-state index in [0.717, 1.165) is 12.0 Å². The fourth-order valence-corrected chi connectivity index (χ4v) is 3.35. The topological polar surface area (TPSA) is 64.4 Å². The molecule has 0 N–H and O–H groups in total. The molecule has 1 saturated heterocycles. The van der Waals surface area contributed by atoms with Crippen molar-refractivity contribution in [3.8, 4) is 6.07 Å². The molecule has 0 aromatic heterocycles. The number of benzene rings is 1. The summed E-state index contributed by atoms with van der Waals surface area (Å²) in [7, 11) is 0. The average Bonchev–Trinajstić information content (AvgIpc) is 3.42. The summed E-state index contributed by atoms with van der Waals surface area (Å²) >= 11 is 0. The lowest BCUT2D eigenvalue weighted by molar-refractivity contribution is -0.135. The molecule has 2 fully saturated rings. The van der Waals surface area contributed by atoms with Crippen molar-refractivity contribution >= 4 is 11.8 Å². The average molecular weight is 325 g/mol. The van der Waals surface area contributed by atoms with Crippen molar-refractivity contribution in [1.82, 2.24) is 9.80 Å². The Kier molecular flexibility index (Phi) is 4.57. The van der Waals surface area contributed by atoms with Crippen LogP contribution in [0.1, 0.15) is 38.2 Å². The van der Waals surface area contributed by atoms with Gasteiger partial charge in [0.2, 0.25) is 11.8 Å². The van der Waals surface area contributed by atoms with Gasteiger partial charge in [0.25, 0.3) is 0 Å². The Morgan fingerprint density at radius 2 is 2.04 bits per heavy atom. The Hall–Kier alpha value is -2.35. The monoisotopic (exact) mass is 325 g/mol. The second kappa shape index (κ2) is 6.64. The van der Waals surface area contributed by atoms with Crippen LogP contribution in [0.5, 0.6) is 0 Å². The van der Waals surface area contributed by atoms with Gasteiger partial charge in [0, 0.05) is 32.1 Å². The van der Waals surface area contributed by atoms with Crippen LogP contribution in [0.2, 0.25) is 0 Å². The van der Waals surface area contributed by atoms with Crippen LogP contribution in [0.3, 0.4) is 0 Å². The third-order valence-electron chi connectivity index (χ3n) is 5.12. The van der Waals surface area contributed by atoms with Gasteiger partial charge in [-0.3, -0.25) is 9.59 Å². The maximum atomic E-state index is 12.7. The molecule has 0 unspecified atom stereocenters. The summed E-state index contributed by atoms with van der Waals surface area (Å²) in [6.45, 7) is 3.56. The molecule has 0 bridgehead atoms. The van der Waals surface area contributed by atoms with E-state index >= 15 is 0 Å². The van der Waals surface area contributed by atoms with Gasteiger partial charge in [-0.1, -0.05) is 37.3 Å². The minimum atomic E-state index is -0.810. The number of hydrogen-bond donors (Lipinski definition) is 0. The molecule has 0 radical (unpaired) electrons. The molecule has 1 aliphatic carbocycles. The lowest BCUT2D eigenvalue weighted by Gasteiger charge is -2.32. The zero-order valence-corrected chi connectivity index (χ0v) is 14.1. The Labute approximate surface area is 142 Å². The van der Waals surface area contributed by atoms with E-state index in [1.807, 2.05) is 42.2 Å². The van der Waals surface area contributed by atoms with E-state index in [9.17, 15) is 14.9 Å². The number of nitrogens with zero attached hydrogens (tertiary/aromatic N) is 3. The molecule has 2 amide bonds. The Bertz CT molecular complexity index is 661. The zero-order valence-electron chi connectivity index (χ0n) is 14.1. The summed E-state index contributed by atoms with van der Waals surface area (Å²) in [5, 5.41) is 9.27. The van der Waals surface area contributed by atoms with E-state index in [0.29, 0.717) is 38.9 Å². The van der Waals surface area contributed by atoms with Crippen molar-refractivity contribution < 1.29 is 9.59 Å². The van der Waals surface area contributed by atoms with Gasteiger partial charge < -0.3 is 9.80 Å². The van der Waals surface area contributed by atoms with E-state index in [2.05, 4.69) is 6.07 Å². The lowest BCUT2D eigenvalue weighted by atomic mass is 10.1. The minimum Gasteiger partial charge on any atom is -0.339 e. The summed E-state index contributed by atoms with van der Waals surface area (Å²) in [6.07, 6.45) is 2.42. The molecule has 1 aliphatic heterocycles. The van der Waals surface area contributed by atoms with Crippen LogP contribution < -0.4 is 0 Å². The fraction of sp³-hybridized carbons (Fsp3) is 0.526. The van der Waals surface area contributed by atoms with Crippen molar-refractivity contribution in [3.05, 3.63) is 35.9 Å². The molecule has 1 aromatic carbocycles. The van der Waals surface area contributed by atoms with Gasteiger partial charge in [-0.05, 0) is 24.8 Å². The summed E-state index contributed by atoms with van der Waals surface area (Å²) in [5.74, 6) is 0.000573. The zero-order chi connectivity index (χ0) is 17.2. The van der Waals surface area contributed by atoms with Crippen LogP contribution in [0.15, 0.2) is 30.3 Å². The molecule has 2 aliphatic rings. The maximum Gasteiger partial charge on any atom is 0.243 e. The summed E-state index contributed by atoms with van der Waals surface area (Å²) in [4.78, 5) is 28.9. The van der Waals surface area contributed by atoms with Crippen LogP contribution >= 0.6 is 0 Å². The molecule has 0 spiro atoms. The third-order valence-corrected chi connectivity index (χ3v) is 5.12. The molecule has 1 atom stereocenters. The van der Waals surface area contributed by atoms with E-state index in [-0.39, 0.29) is 17.9 Å². The predicted molar refractivity (Wildman–Crippen MR) is 89.5 cm³/mol. The van der Waals surface area contributed by atoms with Gasteiger partial charge in [0.15, 0.2) is 0 Å². The number of nitriles is 1. The Balaban J connectivity index is 1.76. The second-order valence-corrected chi connectivity index (χ2v) is 6.76. The highest BCUT2D eigenvalue weighted by atomic mass is 16.2. The first-order valence-electron chi connectivity index (χ1n) is 8.63. The molecule has 1 heterocycles. The van der Waals surface area contributed by atoms with Crippen molar-refractivity contribution in [1.29, 1.82) is 5.26 Å². The molecule has 24 heavy (non-hydrogen) atoms. The molecule has 5 heteroatoms. The quantitative estimate of drug-likeness (QED) is 0.853. The molecule has 1 aromatic rings. The standard InChI is InChI=1S/C19H23N3O2/c1-2-16-13-21(18(24)19(14-20)9-10-19)11-8-17(23)22(16)12-15-6-4-3-5-7-15/h3-7,16H,2,8-13H2,1H3/t16-/m1/s1. The lowest BCUT2D eigenvalue weighted by Crippen LogP contribution is -2.45.